The van der Waals surface area contributed by atoms with Crippen molar-refractivity contribution in [2.45, 2.75) is 45.3 Å². The van der Waals surface area contributed by atoms with Crippen LogP contribution in [-0.2, 0) is 14.3 Å². The van der Waals surface area contributed by atoms with Crippen LogP contribution < -0.4 is 0 Å². The van der Waals surface area contributed by atoms with Gasteiger partial charge in [0.2, 0.25) is 0 Å². The van der Waals surface area contributed by atoms with Crippen molar-refractivity contribution >= 4 is 11.9 Å². The third kappa shape index (κ3) is 1.21. The first kappa shape index (κ1) is 11.4. The van der Waals surface area contributed by atoms with E-state index in [0.29, 0.717) is 19.3 Å². The first-order valence-corrected chi connectivity index (χ1v) is 5.49. The predicted molar refractivity (Wildman–Crippen MR) is 54.0 cm³/mol. The van der Waals surface area contributed by atoms with Crippen molar-refractivity contribution in [2.75, 3.05) is 0 Å². The lowest BCUT2D eigenvalue weighted by Gasteiger charge is -2.44. The van der Waals surface area contributed by atoms with Gasteiger partial charge in [0.15, 0.2) is 0 Å². The first-order valence-electron chi connectivity index (χ1n) is 5.49. The number of ether oxygens (including phenoxy) is 1. The number of carboxylic acid groups (broad SMARTS) is 2. The molecule has 0 bridgehead atoms. The Morgan fingerprint density at radius 2 is 1.81 bits per heavy atom. The summed E-state index contributed by atoms with van der Waals surface area (Å²) in [5.41, 5.74) is -2.43. The summed E-state index contributed by atoms with van der Waals surface area (Å²) in [5, 5.41) is 18.7. The molecule has 0 aromatic heterocycles. The van der Waals surface area contributed by atoms with Crippen LogP contribution in [0.1, 0.15) is 33.1 Å². The highest BCUT2D eigenvalue weighted by Crippen LogP contribution is 2.58. The number of hydrogen-bond donors (Lipinski definition) is 2. The molecule has 0 aromatic carbocycles. The number of carbonyl (C=O) groups is 2. The van der Waals surface area contributed by atoms with E-state index in [0.717, 1.165) is 0 Å². The molecule has 1 saturated carbocycles. The molecule has 1 heterocycles. The van der Waals surface area contributed by atoms with Crippen molar-refractivity contribution in [3.8, 4) is 0 Å². The lowest BCUT2D eigenvalue weighted by Crippen LogP contribution is -2.54. The Hall–Kier alpha value is -1.10. The number of epoxide rings is 1. The monoisotopic (exact) mass is 228 g/mol. The average molecular weight is 228 g/mol. The maximum absolute atomic E-state index is 11.5. The van der Waals surface area contributed by atoms with Crippen molar-refractivity contribution in [3.63, 3.8) is 0 Å². The smallest absolute Gasteiger partial charge is 0.310 e. The molecule has 2 fully saturated rings. The van der Waals surface area contributed by atoms with Gasteiger partial charge in [0.1, 0.15) is 0 Å². The third-order valence-electron chi connectivity index (χ3n) is 4.39. The highest BCUT2D eigenvalue weighted by Gasteiger charge is 2.67. The van der Waals surface area contributed by atoms with Crippen LogP contribution in [0.4, 0.5) is 0 Å². The minimum atomic E-state index is -1.23. The Bertz CT molecular complexity index is 352. The highest BCUT2D eigenvalue weighted by atomic mass is 16.6. The van der Waals surface area contributed by atoms with Crippen molar-refractivity contribution in [2.24, 2.45) is 10.8 Å². The van der Waals surface area contributed by atoms with E-state index in [1.165, 1.54) is 6.92 Å². The van der Waals surface area contributed by atoms with Gasteiger partial charge in [0.05, 0.1) is 23.0 Å². The molecule has 0 spiro atoms. The Balaban J connectivity index is 2.45. The Kier molecular flexibility index (Phi) is 2.28. The molecule has 16 heavy (non-hydrogen) atoms. The summed E-state index contributed by atoms with van der Waals surface area (Å²) in [5.74, 6) is -2.06. The van der Waals surface area contributed by atoms with Gasteiger partial charge in [-0.1, -0.05) is 6.92 Å². The second kappa shape index (κ2) is 3.20. The summed E-state index contributed by atoms with van der Waals surface area (Å²) >= 11 is 0. The van der Waals surface area contributed by atoms with E-state index in [9.17, 15) is 19.8 Å². The first-order chi connectivity index (χ1) is 7.37. The molecule has 1 aliphatic carbocycles. The van der Waals surface area contributed by atoms with Crippen LogP contribution in [0.2, 0.25) is 0 Å². The molecule has 2 aliphatic rings. The standard InChI is InChI=1S/C11H16O5/c1-3-11(9(14)15)5-7-6(16-7)4-10(11,2)8(12)13/h6-7H,3-5H2,1-2H3,(H,12,13)(H,14,15). The Morgan fingerprint density at radius 3 is 2.25 bits per heavy atom. The SMILES string of the molecule is CCC1(C(=O)O)CC2OC2CC1(C)C(=O)O. The van der Waals surface area contributed by atoms with Crippen LogP contribution in [0.5, 0.6) is 0 Å². The molecular formula is C11H16O5. The van der Waals surface area contributed by atoms with Crippen molar-refractivity contribution in [1.29, 1.82) is 0 Å². The van der Waals surface area contributed by atoms with Gasteiger partial charge in [0, 0.05) is 0 Å². The molecule has 0 aromatic rings. The number of fused-ring (bicyclic) bond motifs is 1. The largest absolute Gasteiger partial charge is 0.481 e. The minimum Gasteiger partial charge on any atom is -0.481 e. The van der Waals surface area contributed by atoms with Crippen LogP contribution >= 0.6 is 0 Å². The highest BCUT2D eigenvalue weighted by molar-refractivity contribution is 5.87. The third-order valence-corrected chi connectivity index (χ3v) is 4.39. The minimum absolute atomic E-state index is 0.0523. The quantitative estimate of drug-likeness (QED) is 0.707. The summed E-state index contributed by atoms with van der Waals surface area (Å²) < 4.78 is 5.30. The van der Waals surface area contributed by atoms with E-state index < -0.39 is 22.8 Å². The van der Waals surface area contributed by atoms with Crippen LogP contribution in [0.3, 0.4) is 0 Å². The van der Waals surface area contributed by atoms with E-state index in [1.54, 1.807) is 6.92 Å². The van der Waals surface area contributed by atoms with Crippen molar-refractivity contribution in [3.05, 3.63) is 0 Å². The zero-order valence-electron chi connectivity index (χ0n) is 9.40. The maximum Gasteiger partial charge on any atom is 0.310 e. The molecular weight excluding hydrogens is 212 g/mol. The second-order valence-electron chi connectivity index (χ2n) is 5.00. The molecule has 0 amide bonds. The van der Waals surface area contributed by atoms with E-state index in [-0.39, 0.29) is 12.2 Å². The average Bonchev–Trinajstić information content (AvgIpc) is 2.92. The second-order valence-corrected chi connectivity index (χ2v) is 5.00. The van der Waals surface area contributed by atoms with Crippen LogP contribution in [0.15, 0.2) is 0 Å². The van der Waals surface area contributed by atoms with E-state index in [1.807, 2.05) is 0 Å². The summed E-state index contributed by atoms with van der Waals surface area (Å²) in [6, 6.07) is 0. The molecule has 1 saturated heterocycles. The molecule has 5 heteroatoms. The normalized spacial score (nSPS) is 45.9. The van der Waals surface area contributed by atoms with E-state index in [2.05, 4.69) is 0 Å². The zero-order chi connectivity index (χ0) is 12.1. The van der Waals surface area contributed by atoms with Gasteiger partial charge in [-0.05, 0) is 26.2 Å². The molecule has 1 aliphatic heterocycles. The van der Waals surface area contributed by atoms with E-state index in [4.69, 9.17) is 4.74 Å². The summed E-state index contributed by atoms with van der Waals surface area (Å²) in [7, 11) is 0. The lowest BCUT2D eigenvalue weighted by molar-refractivity contribution is -0.176. The van der Waals surface area contributed by atoms with Gasteiger partial charge in [-0.25, -0.2) is 0 Å². The van der Waals surface area contributed by atoms with Gasteiger partial charge in [-0.2, -0.15) is 0 Å². The maximum atomic E-state index is 11.5. The number of aliphatic carboxylic acids is 2. The van der Waals surface area contributed by atoms with E-state index >= 15 is 0 Å². The Morgan fingerprint density at radius 1 is 1.25 bits per heavy atom. The number of carboxylic acids is 2. The van der Waals surface area contributed by atoms with Crippen LogP contribution in [0, 0.1) is 10.8 Å². The fourth-order valence-corrected chi connectivity index (χ4v) is 3.01. The Labute approximate surface area is 93.4 Å². The van der Waals surface area contributed by atoms with Crippen molar-refractivity contribution in [1.82, 2.24) is 0 Å². The zero-order valence-corrected chi connectivity index (χ0v) is 9.40. The molecule has 2 N–H and O–H groups in total. The number of hydrogen-bond acceptors (Lipinski definition) is 3. The summed E-state index contributed by atoms with van der Waals surface area (Å²) in [6.45, 7) is 3.27. The van der Waals surface area contributed by atoms with Crippen molar-refractivity contribution < 1.29 is 24.5 Å². The molecule has 5 nitrogen and oxygen atoms in total. The van der Waals surface area contributed by atoms with Gasteiger partial charge in [0.25, 0.3) is 0 Å². The van der Waals surface area contributed by atoms with Gasteiger partial charge >= 0.3 is 11.9 Å². The summed E-state index contributed by atoms with van der Waals surface area (Å²) in [6.07, 6.45) is 0.820. The number of rotatable bonds is 3. The predicted octanol–water partition coefficient (Wildman–Crippen LogP) is 1.12. The molecule has 0 radical (unpaired) electrons. The molecule has 4 atom stereocenters. The van der Waals surface area contributed by atoms with Crippen LogP contribution in [-0.4, -0.2) is 34.4 Å². The molecule has 4 unspecified atom stereocenters. The topological polar surface area (TPSA) is 87.1 Å². The molecule has 2 rings (SSSR count). The van der Waals surface area contributed by atoms with Gasteiger partial charge in [-0.15, -0.1) is 0 Å². The lowest BCUT2D eigenvalue weighted by atomic mass is 9.55. The fourth-order valence-electron chi connectivity index (χ4n) is 3.01. The van der Waals surface area contributed by atoms with Crippen LogP contribution in [0.25, 0.3) is 0 Å². The fraction of sp³-hybridized carbons (Fsp3) is 0.818. The van der Waals surface area contributed by atoms with Gasteiger partial charge in [-0.3, -0.25) is 9.59 Å². The molecule has 90 valence electrons. The van der Waals surface area contributed by atoms with Gasteiger partial charge < -0.3 is 14.9 Å². The summed E-state index contributed by atoms with van der Waals surface area (Å²) in [4.78, 5) is 22.9.